The van der Waals surface area contributed by atoms with Crippen molar-refractivity contribution in [3.05, 3.63) is 0 Å². The summed E-state index contributed by atoms with van der Waals surface area (Å²) in [5.41, 5.74) is 5.59. The molecule has 2 aliphatic rings. The summed E-state index contributed by atoms with van der Waals surface area (Å²) in [6, 6.07) is 1.48. The molecule has 14 heavy (non-hydrogen) atoms. The highest BCUT2D eigenvalue weighted by molar-refractivity contribution is 5.82. The van der Waals surface area contributed by atoms with E-state index in [9.17, 15) is 4.79 Å². The lowest BCUT2D eigenvalue weighted by atomic mass is 10.00. The third-order valence-electron chi connectivity index (χ3n) is 3.61. The topological polar surface area (TPSA) is 70.1 Å². The summed E-state index contributed by atoms with van der Waals surface area (Å²) in [7, 11) is 0. The maximum atomic E-state index is 11.7. The second-order valence-corrected chi connectivity index (χ2v) is 4.72. The van der Waals surface area contributed by atoms with Gasteiger partial charge in [-0.2, -0.15) is 5.26 Å². The minimum atomic E-state index is -0.494. The zero-order chi connectivity index (χ0) is 10.5. The first-order valence-corrected chi connectivity index (χ1v) is 4.96. The molecule has 4 atom stereocenters. The standard InChI is InChI=1S/C10H15N3O/c1-6(12)9(14)13-5-7-3-10(7,2)8(13)4-11/h6-8H,3,5,12H2,1-2H3. The number of nitrogens with two attached hydrogens (primary N) is 1. The van der Waals surface area contributed by atoms with Crippen molar-refractivity contribution >= 4 is 5.91 Å². The maximum Gasteiger partial charge on any atom is 0.240 e. The summed E-state index contributed by atoms with van der Waals surface area (Å²) < 4.78 is 0. The molecule has 0 spiro atoms. The number of nitriles is 1. The highest BCUT2D eigenvalue weighted by Crippen LogP contribution is 2.61. The van der Waals surface area contributed by atoms with Crippen molar-refractivity contribution in [3.63, 3.8) is 0 Å². The van der Waals surface area contributed by atoms with Gasteiger partial charge in [-0.1, -0.05) is 6.92 Å². The van der Waals surface area contributed by atoms with Crippen LogP contribution in [-0.4, -0.2) is 29.4 Å². The monoisotopic (exact) mass is 193 g/mol. The number of amides is 1. The van der Waals surface area contributed by atoms with Gasteiger partial charge in [0.15, 0.2) is 0 Å². The quantitative estimate of drug-likeness (QED) is 0.641. The van der Waals surface area contributed by atoms with Gasteiger partial charge in [0.25, 0.3) is 0 Å². The summed E-state index contributed by atoms with van der Waals surface area (Å²) in [5, 5.41) is 9.04. The smallest absolute Gasteiger partial charge is 0.240 e. The first kappa shape index (κ1) is 9.47. The van der Waals surface area contributed by atoms with E-state index < -0.39 is 6.04 Å². The highest BCUT2D eigenvalue weighted by Gasteiger charge is 2.64. The Hall–Kier alpha value is -1.08. The van der Waals surface area contributed by atoms with E-state index in [1.165, 1.54) is 0 Å². The van der Waals surface area contributed by atoms with E-state index in [4.69, 9.17) is 11.0 Å². The maximum absolute atomic E-state index is 11.7. The van der Waals surface area contributed by atoms with Crippen molar-refractivity contribution in [1.29, 1.82) is 5.26 Å². The van der Waals surface area contributed by atoms with Crippen LogP contribution in [0.4, 0.5) is 0 Å². The summed E-state index contributed by atoms with van der Waals surface area (Å²) in [6.45, 7) is 4.47. The lowest BCUT2D eigenvalue weighted by Gasteiger charge is -2.26. The van der Waals surface area contributed by atoms with Gasteiger partial charge < -0.3 is 10.6 Å². The van der Waals surface area contributed by atoms with Crippen LogP contribution in [-0.2, 0) is 4.79 Å². The van der Waals surface area contributed by atoms with Crippen LogP contribution in [0.3, 0.4) is 0 Å². The normalized spacial score (nSPS) is 41.4. The van der Waals surface area contributed by atoms with Crippen molar-refractivity contribution in [2.45, 2.75) is 32.4 Å². The van der Waals surface area contributed by atoms with E-state index in [0.717, 1.165) is 13.0 Å². The van der Waals surface area contributed by atoms with Gasteiger partial charge in [0.05, 0.1) is 12.1 Å². The van der Waals surface area contributed by atoms with Crippen molar-refractivity contribution in [2.75, 3.05) is 6.54 Å². The highest BCUT2D eigenvalue weighted by atomic mass is 16.2. The molecule has 2 rings (SSSR count). The second-order valence-electron chi connectivity index (χ2n) is 4.72. The van der Waals surface area contributed by atoms with Gasteiger partial charge in [0.2, 0.25) is 5.91 Å². The molecule has 4 nitrogen and oxygen atoms in total. The molecule has 1 saturated heterocycles. The molecule has 4 heteroatoms. The fourth-order valence-electron chi connectivity index (χ4n) is 2.47. The number of nitrogens with zero attached hydrogens (tertiary/aromatic N) is 2. The molecule has 76 valence electrons. The Morgan fingerprint density at radius 2 is 2.43 bits per heavy atom. The predicted molar refractivity (Wildman–Crippen MR) is 51.0 cm³/mol. The number of fused-ring (bicyclic) bond motifs is 1. The van der Waals surface area contributed by atoms with E-state index in [1.807, 2.05) is 0 Å². The van der Waals surface area contributed by atoms with Gasteiger partial charge >= 0.3 is 0 Å². The number of likely N-dealkylation sites (tertiary alicyclic amines) is 1. The average molecular weight is 193 g/mol. The molecule has 2 N–H and O–H groups in total. The van der Waals surface area contributed by atoms with Crippen LogP contribution in [0.2, 0.25) is 0 Å². The van der Waals surface area contributed by atoms with E-state index >= 15 is 0 Å². The number of hydrogen-bond donors (Lipinski definition) is 1. The molecule has 0 aromatic carbocycles. The minimum Gasteiger partial charge on any atom is -0.324 e. The number of rotatable bonds is 1. The molecule has 4 unspecified atom stereocenters. The van der Waals surface area contributed by atoms with E-state index in [0.29, 0.717) is 5.92 Å². The first-order chi connectivity index (χ1) is 6.50. The molecule has 1 amide bonds. The van der Waals surface area contributed by atoms with Crippen LogP contribution in [0.25, 0.3) is 0 Å². The molecule has 0 aromatic heterocycles. The Bertz CT molecular complexity index is 320. The lowest BCUT2D eigenvalue weighted by Crippen LogP contribution is -2.47. The number of piperidine rings is 1. The molecule has 0 bridgehead atoms. The Balaban J connectivity index is 2.17. The molecular formula is C10H15N3O. The summed E-state index contributed by atoms with van der Waals surface area (Å²) in [4.78, 5) is 13.3. The Morgan fingerprint density at radius 1 is 1.79 bits per heavy atom. The van der Waals surface area contributed by atoms with Crippen LogP contribution < -0.4 is 5.73 Å². The fraction of sp³-hybridized carbons (Fsp3) is 0.800. The Kier molecular flexibility index (Phi) is 1.83. The third-order valence-corrected chi connectivity index (χ3v) is 3.61. The number of hydrogen-bond acceptors (Lipinski definition) is 3. The van der Waals surface area contributed by atoms with Gasteiger partial charge in [-0.3, -0.25) is 4.79 Å². The van der Waals surface area contributed by atoms with Crippen molar-refractivity contribution in [1.82, 2.24) is 4.90 Å². The summed E-state index contributed by atoms with van der Waals surface area (Å²) in [6.07, 6.45) is 1.08. The van der Waals surface area contributed by atoms with Crippen molar-refractivity contribution < 1.29 is 4.79 Å². The van der Waals surface area contributed by atoms with Gasteiger partial charge in [0, 0.05) is 12.0 Å². The van der Waals surface area contributed by atoms with Gasteiger partial charge in [0.1, 0.15) is 6.04 Å². The number of carbonyl (C=O) groups excluding carboxylic acids is 1. The summed E-state index contributed by atoms with van der Waals surface area (Å²) >= 11 is 0. The predicted octanol–water partition coefficient (Wildman–Crippen LogP) is 0.0942. The molecule has 1 heterocycles. The molecular weight excluding hydrogens is 178 g/mol. The van der Waals surface area contributed by atoms with Gasteiger partial charge in [-0.15, -0.1) is 0 Å². The number of carbonyl (C=O) groups is 1. The van der Waals surface area contributed by atoms with E-state index in [2.05, 4.69) is 13.0 Å². The minimum absolute atomic E-state index is 0.0549. The van der Waals surface area contributed by atoms with Crippen LogP contribution in [0.5, 0.6) is 0 Å². The van der Waals surface area contributed by atoms with Crippen molar-refractivity contribution in [3.8, 4) is 6.07 Å². The lowest BCUT2D eigenvalue weighted by molar-refractivity contribution is -0.133. The fourth-order valence-corrected chi connectivity index (χ4v) is 2.47. The zero-order valence-corrected chi connectivity index (χ0v) is 8.53. The largest absolute Gasteiger partial charge is 0.324 e. The molecule has 1 saturated carbocycles. The Morgan fingerprint density at radius 3 is 2.93 bits per heavy atom. The van der Waals surface area contributed by atoms with E-state index in [1.54, 1.807) is 11.8 Å². The van der Waals surface area contributed by atoms with Crippen LogP contribution >= 0.6 is 0 Å². The SMILES string of the molecule is CC(N)C(=O)N1CC2CC2(C)C1C#N. The second kappa shape index (κ2) is 2.71. The van der Waals surface area contributed by atoms with Gasteiger partial charge in [-0.25, -0.2) is 0 Å². The van der Waals surface area contributed by atoms with Crippen molar-refractivity contribution in [2.24, 2.45) is 17.1 Å². The molecule has 0 radical (unpaired) electrons. The Labute approximate surface area is 83.7 Å². The molecule has 0 aromatic rings. The summed E-state index contributed by atoms with van der Waals surface area (Å²) in [5.74, 6) is 0.430. The van der Waals surface area contributed by atoms with Crippen LogP contribution in [0, 0.1) is 22.7 Å². The van der Waals surface area contributed by atoms with Crippen LogP contribution in [0.15, 0.2) is 0 Å². The first-order valence-electron chi connectivity index (χ1n) is 4.96. The van der Waals surface area contributed by atoms with Gasteiger partial charge in [-0.05, 0) is 19.3 Å². The molecule has 2 fully saturated rings. The van der Waals surface area contributed by atoms with Crippen LogP contribution in [0.1, 0.15) is 20.3 Å². The zero-order valence-electron chi connectivity index (χ0n) is 8.53. The van der Waals surface area contributed by atoms with E-state index in [-0.39, 0.29) is 17.4 Å². The molecule has 1 aliphatic heterocycles. The average Bonchev–Trinajstić information content (AvgIpc) is 2.68. The third kappa shape index (κ3) is 1.05. The molecule has 1 aliphatic carbocycles.